The van der Waals surface area contributed by atoms with Gasteiger partial charge in [-0.25, -0.2) is 8.78 Å². The first kappa shape index (κ1) is 21.5. The van der Waals surface area contributed by atoms with E-state index in [-0.39, 0.29) is 18.1 Å². The molecule has 0 aliphatic heterocycles. The van der Waals surface area contributed by atoms with E-state index in [1.54, 1.807) is 0 Å². The van der Waals surface area contributed by atoms with E-state index >= 15 is 0 Å². The second kappa shape index (κ2) is 10.5. The average molecular weight is 376 g/mol. The summed E-state index contributed by atoms with van der Waals surface area (Å²) < 4.78 is 33.5. The van der Waals surface area contributed by atoms with Crippen molar-refractivity contribution in [2.24, 2.45) is 0 Å². The number of benzene rings is 2. The Hall–Kier alpha value is -1.78. The van der Waals surface area contributed by atoms with Crippen molar-refractivity contribution in [3.05, 3.63) is 70.3 Å². The van der Waals surface area contributed by atoms with Crippen molar-refractivity contribution in [3.63, 3.8) is 0 Å². The minimum Gasteiger partial charge on any atom is -0.376 e. The van der Waals surface area contributed by atoms with Crippen LogP contribution in [0.3, 0.4) is 0 Å². The maximum atomic E-state index is 13.8. The smallest absolute Gasteiger partial charge is 0.131 e. The van der Waals surface area contributed by atoms with Gasteiger partial charge in [0.25, 0.3) is 0 Å². The fraction of sp³-hybridized carbons (Fsp3) is 0.478. The summed E-state index contributed by atoms with van der Waals surface area (Å²) in [6.07, 6.45) is 2.13. The molecule has 0 saturated carbocycles. The number of ether oxygens (including phenoxy) is 1. The summed E-state index contributed by atoms with van der Waals surface area (Å²) in [5, 5.41) is 3.62. The molecule has 1 N–H and O–H groups in total. The lowest BCUT2D eigenvalue weighted by Gasteiger charge is -2.25. The van der Waals surface area contributed by atoms with Crippen LogP contribution in [0.4, 0.5) is 8.78 Å². The third-order valence-corrected chi connectivity index (χ3v) is 5.22. The normalized spacial score (nSPS) is 12.6. The molecule has 0 radical (unpaired) electrons. The zero-order valence-electron chi connectivity index (χ0n) is 16.8. The van der Waals surface area contributed by atoms with Crippen LogP contribution in [0.1, 0.15) is 54.9 Å². The predicted molar refractivity (Wildman–Crippen MR) is 107 cm³/mol. The third-order valence-electron chi connectivity index (χ3n) is 5.22. The number of hydrogen-bond acceptors (Lipinski definition) is 2. The molecule has 0 spiro atoms. The predicted octanol–water partition coefficient (Wildman–Crippen LogP) is 5.66. The minimum absolute atomic E-state index is 0.00860. The Morgan fingerprint density at radius 2 is 1.48 bits per heavy atom. The molecule has 1 unspecified atom stereocenters. The molecule has 0 heterocycles. The summed E-state index contributed by atoms with van der Waals surface area (Å²) in [5.74, 6) is -0.996. The quantitative estimate of drug-likeness (QED) is 0.578. The van der Waals surface area contributed by atoms with Crippen molar-refractivity contribution in [3.8, 4) is 0 Å². The average Bonchev–Trinajstić information content (AvgIpc) is 2.64. The standard InChI is InChI=1S/C23H31F2NO/c1-5-19(6-2)26-13-18(23-16(3)9-7-10-17(23)4)14-27-15-20-21(24)11-8-12-22(20)25/h7-12,18-19,26H,5-6,13-15H2,1-4H3. The van der Waals surface area contributed by atoms with Gasteiger partial charge in [-0.1, -0.05) is 38.1 Å². The molecular weight excluding hydrogens is 344 g/mol. The monoisotopic (exact) mass is 375 g/mol. The first-order chi connectivity index (χ1) is 13.0. The highest BCUT2D eigenvalue weighted by Gasteiger charge is 2.18. The highest BCUT2D eigenvalue weighted by atomic mass is 19.1. The fourth-order valence-electron chi connectivity index (χ4n) is 3.58. The van der Waals surface area contributed by atoms with E-state index in [4.69, 9.17) is 4.74 Å². The molecule has 2 nitrogen and oxygen atoms in total. The van der Waals surface area contributed by atoms with Crippen LogP contribution in [-0.4, -0.2) is 19.2 Å². The summed E-state index contributed by atoms with van der Waals surface area (Å²) in [6.45, 7) is 9.67. The number of aryl methyl sites for hydroxylation is 2. The molecule has 27 heavy (non-hydrogen) atoms. The van der Waals surface area contributed by atoms with E-state index in [1.807, 2.05) is 0 Å². The van der Waals surface area contributed by atoms with Gasteiger partial charge in [-0.2, -0.15) is 0 Å². The Labute approximate surface area is 161 Å². The molecule has 0 aliphatic carbocycles. The number of hydrogen-bond donors (Lipinski definition) is 1. The van der Waals surface area contributed by atoms with Crippen molar-refractivity contribution in [1.29, 1.82) is 0 Å². The Bertz CT molecular complexity index is 688. The van der Waals surface area contributed by atoms with Crippen molar-refractivity contribution in [1.82, 2.24) is 5.32 Å². The second-order valence-corrected chi connectivity index (χ2v) is 7.14. The van der Waals surface area contributed by atoms with E-state index < -0.39 is 11.6 Å². The molecule has 2 aromatic carbocycles. The molecule has 2 aromatic rings. The summed E-state index contributed by atoms with van der Waals surface area (Å²) in [4.78, 5) is 0. The molecule has 1 atom stereocenters. The second-order valence-electron chi connectivity index (χ2n) is 7.14. The molecule has 0 aliphatic rings. The fourth-order valence-corrected chi connectivity index (χ4v) is 3.58. The Kier molecular flexibility index (Phi) is 8.39. The van der Waals surface area contributed by atoms with Gasteiger partial charge in [0.15, 0.2) is 0 Å². The van der Waals surface area contributed by atoms with Gasteiger partial charge in [0, 0.05) is 24.1 Å². The van der Waals surface area contributed by atoms with Crippen molar-refractivity contribution < 1.29 is 13.5 Å². The van der Waals surface area contributed by atoms with E-state index in [0.29, 0.717) is 12.6 Å². The van der Waals surface area contributed by atoms with Gasteiger partial charge in [-0.05, 0) is 55.5 Å². The number of nitrogens with one attached hydrogen (secondary N) is 1. The van der Waals surface area contributed by atoms with Crippen LogP contribution in [0.5, 0.6) is 0 Å². The van der Waals surface area contributed by atoms with Gasteiger partial charge in [-0.3, -0.25) is 0 Å². The number of halogens is 2. The lowest BCUT2D eigenvalue weighted by molar-refractivity contribution is 0.101. The van der Waals surface area contributed by atoms with E-state index in [9.17, 15) is 8.78 Å². The van der Waals surface area contributed by atoms with Crippen LogP contribution < -0.4 is 5.32 Å². The zero-order valence-corrected chi connectivity index (χ0v) is 16.8. The highest BCUT2D eigenvalue weighted by Crippen LogP contribution is 2.25. The molecule has 2 rings (SSSR count). The molecule has 0 saturated heterocycles. The lowest BCUT2D eigenvalue weighted by Crippen LogP contribution is -2.33. The van der Waals surface area contributed by atoms with Gasteiger partial charge in [0.1, 0.15) is 11.6 Å². The maximum absolute atomic E-state index is 13.8. The Morgan fingerprint density at radius 1 is 0.926 bits per heavy atom. The molecule has 4 heteroatoms. The van der Waals surface area contributed by atoms with Gasteiger partial charge in [-0.15, -0.1) is 0 Å². The molecule has 0 fully saturated rings. The molecular formula is C23H31F2NO. The first-order valence-corrected chi connectivity index (χ1v) is 9.78. The van der Waals surface area contributed by atoms with Crippen LogP contribution in [0.25, 0.3) is 0 Å². The van der Waals surface area contributed by atoms with Gasteiger partial charge in [0.2, 0.25) is 0 Å². The van der Waals surface area contributed by atoms with E-state index in [1.165, 1.54) is 34.9 Å². The summed E-state index contributed by atoms with van der Waals surface area (Å²) in [6, 6.07) is 10.6. The van der Waals surface area contributed by atoms with Gasteiger partial charge in [0.05, 0.1) is 13.2 Å². The van der Waals surface area contributed by atoms with E-state index in [0.717, 1.165) is 19.4 Å². The van der Waals surface area contributed by atoms with E-state index in [2.05, 4.69) is 51.2 Å². The van der Waals surface area contributed by atoms with Crippen molar-refractivity contribution in [2.45, 2.75) is 59.1 Å². The minimum atomic E-state index is -0.561. The Morgan fingerprint density at radius 3 is 2.04 bits per heavy atom. The van der Waals surface area contributed by atoms with Gasteiger partial charge < -0.3 is 10.1 Å². The lowest BCUT2D eigenvalue weighted by atomic mass is 9.90. The van der Waals surface area contributed by atoms with Crippen LogP contribution in [0.2, 0.25) is 0 Å². The SMILES string of the molecule is CCC(CC)NCC(COCc1c(F)cccc1F)c1c(C)cccc1C. The van der Waals surface area contributed by atoms with Crippen LogP contribution in [0, 0.1) is 25.5 Å². The van der Waals surface area contributed by atoms with Crippen molar-refractivity contribution in [2.75, 3.05) is 13.2 Å². The molecule has 0 amide bonds. The van der Waals surface area contributed by atoms with Crippen LogP contribution >= 0.6 is 0 Å². The molecule has 0 aromatic heterocycles. The topological polar surface area (TPSA) is 21.3 Å². The van der Waals surface area contributed by atoms with Gasteiger partial charge >= 0.3 is 0 Å². The van der Waals surface area contributed by atoms with Crippen molar-refractivity contribution >= 4 is 0 Å². The first-order valence-electron chi connectivity index (χ1n) is 9.78. The molecule has 148 valence electrons. The summed E-state index contributed by atoms with van der Waals surface area (Å²) in [7, 11) is 0. The zero-order chi connectivity index (χ0) is 19.8. The summed E-state index contributed by atoms with van der Waals surface area (Å²) in [5.41, 5.74) is 3.68. The molecule has 0 bridgehead atoms. The Balaban J connectivity index is 2.12. The number of rotatable bonds is 10. The van der Waals surface area contributed by atoms with Crippen LogP contribution in [-0.2, 0) is 11.3 Å². The maximum Gasteiger partial charge on any atom is 0.131 e. The largest absolute Gasteiger partial charge is 0.376 e. The third kappa shape index (κ3) is 5.85. The van der Waals surface area contributed by atoms with Crippen LogP contribution in [0.15, 0.2) is 36.4 Å². The summed E-state index contributed by atoms with van der Waals surface area (Å²) >= 11 is 0. The highest BCUT2D eigenvalue weighted by molar-refractivity contribution is 5.37.